The second kappa shape index (κ2) is 6.20. The van der Waals surface area contributed by atoms with E-state index in [1.54, 1.807) is 12.1 Å². The number of aryl methyl sites for hydroxylation is 3. The van der Waals surface area contributed by atoms with Gasteiger partial charge in [-0.2, -0.15) is 5.10 Å². The van der Waals surface area contributed by atoms with Crippen molar-refractivity contribution in [1.82, 2.24) is 19.7 Å². The Morgan fingerprint density at radius 3 is 2.69 bits per heavy atom. The minimum absolute atomic E-state index is 0.0314. The highest BCUT2D eigenvalue weighted by Gasteiger charge is 2.30. The number of nitrogens with zero attached hydrogens (tertiary/aromatic N) is 4. The van der Waals surface area contributed by atoms with Crippen molar-refractivity contribution in [3.63, 3.8) is 0 Å². The minimum Gasteiger partial charge on any atom is -0.336 e. The van der Waals surface area contributed by atoms with Gasteiger partial charge >= 0.3 is 0 Å². The van der Waals surface area contributed by atoms with Gasteiger partial charge in [-0.25, -0.2) is 4.39 Å². The number of likely N-dealkylation sites (tertiary alicyclic amines) is 1. The van der Waals surface area contributed by atoms with Crippen LogP contribution in [0.3, 0.4) is 0 Å². The van der Waals surface area contributed by atoms with Gasteiger partial charge in [0.15, 0.2) is 0 Å². The molecule has 5 nitrogen and oxygen atoms in total. The highest BCUT2D eigenvalue weighted by molar-refractivity contribution is 6.06. The molecule has 1 amide bonds. The maximum atomic E-state index is 13.5. The van der Waals surface area contributed by atoms with Gasteiger partial charge in [-0.1, -0.05) is 0 Å². The lowest BCUT2D eigenvalue weighted by Gasteiger charge is -2.19. The third-order valence-electron chi connectivity index (χ3n) is 4.97. The Labute approximate surface area is 151 Å². The molecule has 2 aromatic heterocycles. The van der Waals surface area contributed by atoms with Gasteiger partial charge in [-0.3, -0.25) is 14.5 Å². The summed E-state index contributed by atoms with van der Waals surface area (Å²) in [6, 6.07) is 8.43. The summed E-state index contributed by atoms with van der Waals surface area (Å²) in [5.41, 5.74) is 3.91. The fraction of sp³-hybridized carbons (Fsp3) is 0.350. The Bertz CT molecular complexity index is 1010. The summed E-state index contributed by atoms with van der Waals surface area (Å²) in [7, 11) is 0. The molecule has 0 N–H and O–H groups in total. The molecular weight excluding hydrogens is 331 g/mol. The van der Waals surface area contributed by atoms with Crippen molar-refractivity contribution in [2.75, 3.05) is 13.1 Å². The molecule has 0 unspecified atom stereocenters. The van der Waals surface area contributed by atoms with Crippen LogP contribution in [0.4, 0.5) is 4.39 Å². The van der Waals surface area contributed by atoms with Crippen LogP contribution < -0.4 is 0 Å². The molecule has 1 aliphatic heterocycles. The van der Waals surface area contributed by atoms with Gasteiger partial charge in [-0.15, -0.1) is 0 Å². The second-order valence-corrected chi connectivity index (χ2v) is 7.04. The highest BCUT2D eigenvalue weighted by Crippen LogP contribution is 2.27. The van der Waals surface area contributed by atoms with Gasteiger partial charge in [0.05, 0.1) is 22.8 Å². The number of carbonyl (C=O) groups is 1. The van der Waals surface area contributed by atoms with E-state index in [4.69, 9.17) is 0 Å². The lowest BCUT2D eigenvalue weighted by Crippen LogP contribution is -2.29. The zero-order valence-electron chi connectivity index (χ0n) is 15.2. The number of amides is 1. The van der Waals surface area contributed by atoms with Crippen molar-refractivity contribution < 1.29 is 9.18 Å². The number of hydrogen-bond acceptors (Lipinski definition) is 3. The van der Waals surface area contributed by atoms with Crippen molar-refractivity contribution in [2.24, 2.45) is 0 Å². The van der Waals surface area contributed by atoms with Crippen LogP contribution in [-0.2, 0) is 0 Å². The third-order valence-corrected chi connectivity index (χ3v) is 4.97. The zero-order valence-corrected chi connectivity index (χ0v) is 15.2. The first-order chi connectivity index (χ1) is 12.4. The summed E-state index contributed by atoms with van der Waals surface area (Å²) in [6.07, 6.45) is 0.879. The first-order valence-electron chi connectivity index (χ1n) is 8.81. The molecule has 26 heavy (non-hydrogen) atoms. The number of rotatable bonds is 2. The van der Waals surface area contributed by atoms with Crippen LogP contribution >= 0.6 is 0 Å². The van der Waals surface area contributed by atoms with Gasteiger partial charge in [-0.05, 0) is 51.5 Å². The minimum atomic E-state index is -0.347. The van der Waals surface area contributed by atoms with Crippen molar-refractivity contribution in [1.29, 1.82) is 0 Å². The van der Waals surface area contributed by atoms with Gasteiger partial charge in [0.2, 0.25) is 0 Å². The third kappa shape index (κ3) is 2.85. The predicted octanol–water partition coefficient (Wildman–Crippen LogP) is 3.58. The lowest BCUT2D eigenvalue weighted by molar-refractivity contribution is 0.0788. The number of fused-ring (bicyclic) bond motifs is 1. The first kappa shape index (κ1) is 16.7. The summed E-state index contributed by atoms with van der Waals surface area (Å²) in [5, 5.41) is 5.25. The second-order valence-electron chi connectivity index (χ2n) is 7.04. The predicted molar refractivity (Wildman–Crippen MR) is 97.7 cm³/mol. The molecule has 1 saturated heterocycles. The molecule has 0 bridgehead atoms. The van der Waals surface area contributed by atoms with E-state index in [2.05, 4.69) is 16.1 Å². The van der Waals surface area contributed by atoms with E-state index in [-0.39, 0.29) is 17.8 Å². The van der Waals surface area contributed by atoms with Crippen LogP contribution in [-0.4, -0.2) is 38.7 Å². The molecule has 0 aliphatic carbocycles. The molecule has 3 aromatic rings. The maximum Gasteiger partial charge on any atom is 0.254 e. The first-order valence-corrected chi connectivity index (χ1v) is 8.81. The normalized spacial score (nSPS) is 17.2. The zero-order chi connectivity index (χ0) is 18.4. The number of benzene rings is 1. The largest absolute Gasteiger partial charge is 0.336 e. The Morgan fingerprint density at radius 2 is 1.96 bits per heavy atom. The van der Waals surface area contributed by atoms with Crippen LogP contribution in [0.15, 0.2) is 30.3 Å². The van der Waals surface area contributed by atoms with Gasteiger partial charge in [0.1, 0.15) is 5.82 Å². The molecular formula is C20H21FN4O. The van der Waals surface area contributed by atoms with Crippen molar-refractivity contribution in [3.05, 3.63) is 58.8 Å². The van der Waals surface area contributed by atoms with Crippen molar-refractivity contribution >= 4 is 16.8 Å². The Kier molecular flexibility index (Phi) is 3.98. The topological polar surface area (TPSA) is 51.0 Å². The van der Waals surface area contributed by atoms with Gasteiger partial charge in [0, 0.05) is 35.9 Å². The van der Waals surface area contributed by atoms with Gasteiger partial charge < -0.3 is 4.90 Å². The van der Waals surface area contributed by atoms with Gasteiger partial charge in [0.25, 0.3) is 5.91 Å². The average molecular weight is 352 g/mol. The molecule has 6 heteroatoms. The van der Waals surface area contributed by atoms with Crippen LogP contribution in [0, 0.1) is 26.6 Å². The van der Waals surface area contributed by atoms with E-state index in [1.807, 2.05) is 30.4 Å². The van der Waals surface area contributed by atoms with E-state index < -0.39 is 0 Å². The highest BCUT2D eigenvalue weighted by atomic mass is 19.1. The van der Waals surface area contributed by atoms with Crippen molar-refractivity contribution in [3.8, 4) is 0 Å². The molecule has 0 saturated carbocycles. The van der Waals surface area contributed by atoms with E-state index in [0.717, 1.165) is 17.8 Å². The summed E-state index contributed by atoms with van der Waals surface area (Å²) < 4.78 is 15.6. The van der Waals surface area contributed by atoms with Crippen LogP contribution in [0.1, 0.15) is 39.9 Å². The molecule has 134 valence electrons. The molecule has 4 rings (SSSR count). The molecule has 1 atom stereocenters. The summed E-state index contributed by atoms with van der Waals surface area (Å²) in [6.45, 7) is 7.16. The monoisotopic (exact) mass is 352 g/mol. The van der Waals surface area contributed by atoms with Crippen LogP contribution in [0.2, 0.25) is 0 Å². The lowest BCUT2D eigenvalue weighted by atomic mass is 10.1. The van der Waals surface area contributed by atoms with Crippen LogP contribution in [0.25, 0.3) is 10.9 Å². The standard InChI is InChI=1S/C20H21FN4O/c1-12-9-18(17-5-4-15(21)10-19(17)22-12)20(26)24-7-6-16(11-24)25-14(3)8-13(2)23-25/h4-5,8-10,16H,6-7,11H2,1-3H3/t16-/m1/s1. The average Bonchev–Trinajstić information content (AvgIpc) is 3.19. The van der Waals surface area contributed by atoms with Crippen molar-refractivity contribution in [2.45, 2.75) is 33.2 Å². The van der Waals surface area contributed by atoms with Crippen LogP contribution in [0.5, 0.6) is 0 Å². The van der Waals surface area contributed by atoms with E-state index in [1.165, 1.54) is 12.1 Å². The molecule has 0 spiro atoms. The fourth-order valence-corrected chi connectivity index (χ4v) is 3.82. The molecule has 1 aromatic carbocycles. The van der Waals surface area contributed by atoms with E-state index in [9.17, 15) is 9.18 Å². The summed E-state index contributed by atoms with van der Waals surface area (Å²) in [4.78, 5) is 19.4. The molecule has 0 radical (unpaired) electrons. The fourth-order valence-electron chi connectivity index (χ4n) is 3.82. The quantitative estimate of drug-likeness (QED) is 0.708. The molecule has 3 heterocycles. The van der Waals surface area contributed by atoms with E-state index in [0.29, 0.717) is 35.2 Å². The van der Waals surface area contributed by atoms with E-state index >= 15 is 0 Å². The Hall–Kier alpha value is -2.76. The number of aromatic nitrogens is 3. The maximum absolute atomic E-state index is 13.5. The number of hydrogen-bond donors (Lipinski definition) is 0. The Balaban J connectivity index is 1.65. The number of carbonyl (C=O) groups excluding carboxylic acids is 1. The molecule has 1 aliphatic rings. The molecule has 1 fully saturated rings. The number of halogens is 1. The Morgan fingerprint density at radius 1 is 1.15 bits per heavy atom. The SMILES string of the molecule is Cc1cc(C(=O)N2CC[C@@H](n3nc(C)cc3C)C2)c2ccc(F)cc2n1. The summed E-state index contributed by atoms with van der Waals surface area (Å²) in [5.74, 6) is -0.379. The number of pyridine rings is 1. The summed E-state index contributed by atoms with van der Waals surface area (Å²) >= 11 is 0. The smallest absolute Gasteiger partial charge is 0.254 e.